The zero-order chi connectivity index (χ0) is 20.4. The molecular formula is C20H23ClN4O3S. The Labute approximate surface area is 175 Å². The van der Waals surface area contributed by atoms with E-state index in [0.29, 0.717) is 31.3 Å². The van der Waals surface area contributed by atoms with Gasteiger partial charge in [-0.25, -0.2) is 22.7 Å². The minimum atomic E-state index is -3.41. The number of aromatic nitrogens is 3. The second-order valence-electron chi connectivity index (χ2n) is 7.19. The Morgan fingerprint density at radius 2 is 2.03 bits per heavy atom. The molecule has 0 aliphatic carbocycles. The van der Waals surface area contributed by atoms with Crippen LogP contribution in [0.5, 0.6) is 0 Å². The predicted molar refractivity (Wildman–Crippen MR) is 112 cm³/mol. The molecule has 1 aromatic carbocycles. The van der Waals surface area contributed by atoms with E-state index in [0.717, 1.165) is 29.0 Å². The lowest BCUT2D eigenvalue weighted by atomic mass is 10.1. The summed E-state index contributed by atoms with van der Waals surface area (Å²) in [5.74, 6) is 0.874. The van der Waals surface area contributed by atoms with Crippen LogP contribution in [0.2, 0.25) is 5.02 Å². The Morgan fingerprint density at radius 3 is 2.79 bits per heavy atom. The number of pyridine rings is 1. The number of nitrogens with zero attached hydrogens (tertiary/aromatic N) is 4. The number of imidazole rings is 1. The Kier molecular flexibility index (Phi) is 5.87. The Bertz CT molecular complexity index is 1100. The van der Waals surface area contributed by atoms with Gasteiger partial charge in [0.15, 0.2) is 5.65 Å². The van der Waals surface area contributed by atoms with Crippen molar-refractivity contribution in [2.45, 2.75) is 24.6 Å². The fraction of sp³-hybridized carbons (Fsp3) is 0.400. The van der Waals surface area contributed by atoms with Gasteiger partial charge >= 0.3 is 0 Å². The van der Waals surface area contributed by atoms with Crippen molar-refractivity contribution in [3.63, 3.8) is 0 Å². The van der Waals surface area contributed by atoms with Crippen molar-refractivity contribution >= 4 is 32.8 Å². The maximum absolute atomic E-state index is 12.9. The van der Waals surface area contributed by atoms with Crippen LogP contribution in [0.3, 0.4) is 0 Å². The van der Waals surface area contributed by atoms with Crippen molar-refractivity contribution in [1.82, 2.24) is 18.8 Å². The van der Waals surface area contributed by atoms with Gasteiger partial charge in [0, 0.05) is 43.9 Å². The molecule has 3 heterocycles. The van der Waals surface area contributed by atoms with Crippen LogP contribution in [0.15, 0.2) is 42.6 Å². The van der Waals surface area contributed by atoms with Gasteiger partial charge in [0.1, 0.15) is 11.3 Å². The summed E-state index contributed by atoms with van der Waals surface area (Å²) in [6, 6.07) is 10.7. The molecule has 1 aliphatic rings. The van der Waals surface area contributed by atoms with E-state index in [9.17, 15) is 8.42 Å². The number of rotatable bonds is 7. The second-order valence-corrected chi connectivity index (χ2v) is 9.59. The van der Waals surface area contributed by atoms with Crippen LogP contribution in [0.4, 0.5) is 0 Å². The fourth-order valence-corrected chi connectivity index (χ4v) is 5.48. The quantitative estimate of drug-likeness (QED) is 0.571. The predicted octanol–water partition coefficient (Wildman–Crippen LogP) is 3.05. The van der Waals surface area contributed by atoms with Crippen LogP contribution >= 0.6 is 11.6 Å². The van der Waals surface area contributed by atoms with E-state index in [-0.39, 0.29) is 11.7 Å². The highest BCUT2D eigenvalue weighted by Crippen LogP contribution is 2.31. The molecule has 1 aliphatic heterocycles. The fourth-order valence-electron chi connectivity index (χ4n) is 3.76. The average Bonchev–Trinajstić information content (AvgIpc) is 3.33. The molecule has 7 nitrogen and oxygen atoms in total. The smallest absolute Gasteiger partial charge is 0.218 e. The lowest BCUT2D eigenvalue weighted by Gasteiger charge is -2.17. The Morgan fingerprint density at radius 1 is 1.24 bits per heavy atom. The van der Waals surface area contributed by atoms with Crippen LogP contribution < -0.4 is 0 Å². The third-order valence-electron chi connectivity index (χ3n) is 5.22. The van der Waals surface area contributed by atoms with Crippen molar-refractivity contribution in [1.29, 1.82) is 0 Å². The SMILES string of the molecule is COCCn1c(C2CCN(S(=O)(=O)Cc3ccc(Cl)cc3)C2)nc2cccnc21. The van der Waals surface area contributed by atoms with Gasteiger partial charge in [0.25, 0.3) is 0 Å². The third kappa shape index (κ3) is 4.30. The van der Waals surface area contributed by atoms with Crippen LogP contribution in [0, 0.1) is 0 Å². The first-order chi connectivity index (χ1) is 14.0. The third-order valence-corrected chi connectivity index (χ3v) is 7.29. The minimum absolute atomic E-state index is 0.0287. The van der Waals surface area contributed by atoms with Gasteiger partial charge in [-0.3, -0.25) is 0 Å². The summed E-state index contributed by atoms with van der Waals surface area (Å²) >= 11 is 5.90. The first kappa shape index (κ1) is 20.3. The number of methoxy groups -OCH3 is 1. The average molecular weight is 435 g/mol. The van der Waals surface area contributed by atoms with Gasteiger partial charge in [0.2, 0.25) is 10.0 Å². The topological polar surface area (TPSA) is 77.3 Å². The largest absolute Gasteiger partial charge is 0.383 e. The first-order valence-corrected chi connectivity index (χ1v) is 11.5. The normalized spacial score (nSPS) is 17.9. The van der Waals surface area contributed by atoms with Crippen molar-refractivity contribution in [2.75, 3.05) is 26.8 Å². The Balaban J connectivity index is 1.55. The summed E-state index contributed by atoms with van der Waals surface area (Å²) in [5.41, 5.74) is 2.36. The summed E-state index contributed by atoms with van der Waals surface area (Å²) in [4.78, 5) is 9.23. The minimum Gasteiger partial charge on any atom is -0.383 e. The number of sulfonamides is 1. The van der Waals surface area contributed by atoms with E-state index in [2.05, 4.69) is 9.55 Å². The molecule has 3 aromatic rings. The van der Waals surface area contributed by atoms with Crippen LogP contribution in [0.25, 0.3) is 11.2 Å². The number of benzene rings is 1. The summed E-state index contributed by atoms with van der Waals surface area (Å²) in [6.07, 6.45) is 2.48. The molecular weight excluding hydrogens is 412 g/mol. The van der Waals surface area contributed by atoms with Gasteiger partial charge in [-0.2, -0.15) is 0 Å². The molecule has 0 N–H and O–H groups in total. The van der Waals surface area contributed by atoms with E-state index in [1.807, 2.05) is 12.1 Å². The van der Waals surface area contributed by atoms with E-state index < -0.39 is 10.0 Å². The summed E-state index contributed by atoms with van der Waals surface area (Å²) < 4.78 is 34.7. The molecule has 4 rings (SSSR count). The van der Waals surface area contributed by atoms with Crippen LogP contribution in [-0.4, -0.2) is 54.1 Å². The highest BCUT2D eigenvalue weighted by Gasteiger charge is 2.34. The number of hydrogen-bond acceptors (Lipinski definition) is 5. The molecule has 0 radical (unpaired) electrons. The second kappa shape index (κ2) is 8.39. The summed E-state index contributed by atoms with van der Waals surface area (Å²) in [7, 11) is -1.75. The number of halogens is 1. The van der Waals surface area contributed by atoms with Crippen molar-refractivity contribution in [3.8, 4) is 0 Å². The van der Waals surface area contributed by atoms with Crippen molar-refractivity contribution < 1.29 is 13.2 Å². The molecule has 29 heavy (non-hydrogen) atoms. The molecule has 2 aromatic heterocycles. The lowest BCUT2D eigenvalue weighted by molar-refractivity contribution is 0.187. The monoisotopic (exact) mass is 434 g/mol. The molecule has 1 atom stereocenters. The number of ether oxygens (including phenoxy) is 1. The molecule has 154 valence electrons. The highest BCUT2D eigenvalue weighted by molar-refractivity contribution is 7.88. The van der Waals surface area contributed by atoms with E-state index >= 15 is 0 Å². The molecule has 0 amide bonds. The van der Waals surface area contributed by atoms with Gasteiger partial charge in [-0.05, 0) is 36.2 Å². The van der Waals surface area contributed by atoms with Crippen molar-refractivity contribution in [2.24, 2.45) is 0 Å². The van der Waals surface area contributed by atoms with Gasteiger partial charge in [0.05, 0.1) is 12.4 Å². The summed E-state index contributed by atoms with van der Waals surface area (Å²) in [6.45, 7) is 2.08. The highest BCUT2D eigenvalue weighted by atomic mass is 35.5. The van der Waals surface area contributed by atoms with Gasteiger partial charge < -0.3 is 9.30 Å². The zero-order valence-electron chi connectivity index (χ0n) is 16.2. The zero-order valence-corrected chi connectivity index (χ0v) is 17.7. The lowest BCUT2D eigenvalue weighted by Crippen LogP contribution is -2.30. The molecule has 0 saturated carbocycles. The molecule has 0 bridgehead atoms. The maximum Gasteiger partial charge on any atom is 0.218 e. The van der Waals surface area contributed by atoms with Gasteiger partial charge in [-0.15, -0.1) is 0 Å². The van der Waals surface area contributed by atoms with Crippen molar-refractivity contribution in [3.05, 3.63) is 59.0 Å². The molecule has 1 saturated heterocycles. The molecule has 1 unspecified atom stereocenters. The number of hydrogen-bond donors (Lipinski definition) is 0. The molecule has 0 spiro atoms. The number of fused-ring (bicyclic) bond motifs is 1. The standard InChI is InChI=1S/C20H23ClN4O3S/c1-28-12-11-25-19(23-18-3-2-9-22-20(18)25)16-8-10-24(13-16)29(26,27)14-15-4-6-17(21)7-5-15/h2-7,9,16H,8,10-14H2,1H3. The maximum atomic E-state index is 12.9. The van der Waals surface area contributed by atoms with E-state index in [4.69, 9.17) is 21.3 Å². The first-order valence-electron chi connectivity index (χ1n) is 9.50. The van der Waals surface area contributed by atoms with Crippen LogP contribution in [-0.2, 0) is 27.1 Å². The molecule has 9 heteroatoms. The van der Waals surface area contributed by atoms with E-state index in [1.165, 1.54) is 0 Å². The molecule has 1 fully saturated rings. The Hall–Kier alpha value is -2.00. The van der Waals surface area contributed by atoms with Gasteiger partial charge in [-0.1, -0.05) is 23.7 Å². The van der Waals surface area contributed by atoms with E-state index in [1.54, 1.807) is 41.9 Å². The summed E-state index contributed by atoms with van der Waals surface area (Å²) in [5, 5.41) is 0.593. The van der Waals surface area contributed by atoms with Crippen LogP contribution in [0.1, 0.15) is 23.7 Å².